The second kappa shape index (κ2) is 23.7. The maximum absolute atomic E-state index is 14.4. The van der Waals surface area contributed by atoms with Crippen molar-refractivity contribution in [2.75, 3.05) is 40.9 Å². The number of rotatable bonds is 14. The SMILES string of the molecule is CC[C@H]1OC(=O)[C@H](C)[C@@H](OC2C[C@@](C)(OC)[C@@H](O)[C@H](C)O2)[C@H](C)[C@@H](OC2O[C@H](C)C[C@H](N(C)CCNC(=O)[C@@H]3CCCN3Cc3ccccc3)[C@H]2O)[C@](C)(OC)C[C@@H](C)C(=O)[C@H](C)[C@@H](O)[C@]1(C)O. The fourth-order valence-corrected chi connectivity index (χ4v) is 11.3. The van der Waals surface area contributed by atoms with Crippen LogP contribution in [0.3, 0.4) is 0 Å². The van der Waals surface area contributed by atoms with E-state index >= 15 is 0 Å². The van der Waals surface area contributed by atoms with Crippen molar-refractivity contribution < 1.29 is 68.0 Å². The summed E-state index contributed by atoms with van der Waals surface area (Å²) in [6.07, 6.45) is -7.91. The number of likely N-dealkylation sites (N-methyl/N-ethyl adjacent to an activating group) is 1. The van der Waals surface area contributed by atoms with Gasteiger partial charge >= 0.3 is 5.97 Å². The third-order valence-electron chi connectivity index (χ3n) is 15.8. The lowest BCUT2D eigenvalue weighted by molar-refractivity contribution is -0.319. The van der Waals surface area contributed by atoms with Crippen molar-refractivity contribution in [3.05, 3.63) is 35.9 Å². The molecule has 0 saturated carbocycles. The van der Waals surface area contributed by atoms with Gasteiger partial charge in [0.25, 0.3) is 0 Å². The first kappa shape index (κ1) is 56.3. The summed E-state index contributed by atoms with van der Waals surface area (Å²) in [6, 6.07) is 9.46. The number of ether oxygens (including phenoxy) is 7. The van der Waals surface area contributed by atoms with Gasteiger partial charge in [0.1, 0.15) is 29.7 Å². The standard InChI is InChI=1S/C51H85N3O14/c1-14-38-51(10,61)43(57)31(4)40(55)29(2)26-50(9,63-13)45(32(5)42(33(6)47(60)66-38)67-39-27-49(8,62-12)44(58)34(7)65-39)68-48-41(56)37(25-30(3)64-48)53(11)24-22-52-46(59)36-21-18-23-54(36)28-35-19-16-15-17-20-35/h15-17,19-20,29-34,36-39,41-45,48,56-58,61H,14,18,21-28H2,1-13H3,(H,52,59)/t29-,30-,31+,32+,33-,34+,36+,37+,38-,39?,41-,42+,43-,44+,45-,48?,49-,50-,51-/m1/s1. The van der Waals surface area contributed by atoms with Crippen molar-refractivity contribution in [1.29, 1.82) is 0 Å². The Kier molecular flexibility index (Phi) is 19.6. The minimum absolute atomic E-state index is 0.0196. The quantitative estimate of drug-likeness (QED) is 0.169. The molecule has 2 unspecified atom stereocenters. The maximum atomic E-state index is 14.4. The molecule has 5 rings (SSSR count). The van der Waals surface area contributed by atoms with Crippen molar-refractivity contribution in [3.63, 3.8) is 0 Å². The van der Waals surface area contributed by atoms with Gasteiger partial charge in [0, 0.05) is 64.1 Å². The highest BCUT2D eigenvalue weighted by molar-refractivity contribution is 5.83. The summed E-state index contributed by atoms with van der Waals surface area (Å²) in [5.41, 5.74) is -3.23. The molecule has 4 aliphatic rings. The number of likely N-dealkylation sites (tertiary alicyclic amines) is 1. The molecule has 19 atom stereocenters. The molecular formula is C51H85N3O14. The Morgan fingerprint density at radius 3 is 2.21 bits per heavy atom. The minimum atomic E-state index is -2.00. The molecule has 0 radical (unpaired) electrons. The van der Waals surface area contributed by atoms with Gasteiger partial charge in [0.05, 0.1) is 53.7 Å². The first-order valence-electron chi connectivity index (χ1n) is 24.9. The molecule has 1 aromatic rings. The molecule has 17 nitrogen and oxygen atoms in total. The number of ketones is 1. The molecule has 68 heavy (non-hydrogen) atoms. The van der Waals surface area contributed by atoms with E-state index in [-0.39, 0.29) is 43.1 Å². The molecule has 0 aromatic heterocycles. The predicted octanol–water partition coefficient (Wildman–Crippen LogP) is 3.59. The normalized spacial score (nSPS) is 42.7. The molecule has 4 fully saturated rings. The highest BCUT2D eigenvalue weighted by Gasteiger charge is 2.54. The molecule has 5 N–H and O–H groups in total. The Morgan fingerprint density at radius 2 is 1.57 bits per heavy atom. The third-order valence-corrected chi connectivity index (χ3v) is 15.8. The molecular weight excluding hydrogens is 879 g/mol. The van der Waals surface area contributed by atoms with Gasteiger partial charge in [-0.05, 0) is 92.8 Å². The molecule has 4 saturated heterocycles. The maximum Gasteiger partial charge on any atom is 0.311 e. The van der Waals surface area contributed by atoms with Crippen molar-refractivity contribution in [2.45, 2.75) is 205 Å². The summed E-state index contributed by atoms with van der Waals surface area (Å²) in [6.45, 7) is 19.4. The molecule has 0 spiro atoms. The zero-order valence-corrected chi connectivity index (χ0v) is 43.0. The van der Waals surface area contributed by atoms with E-state index < -0.39 is 108 Å². The van der Waals surface area contributed by atoms with Crippen LogP contribution in [0.2, 0.25) is 0 Å². The Labute approximate surface area is 404 Å². The highest BCUT2D eigenvalue weighted by Crippen LogP contribution is 2.42. The summed E-state index contributed by atoms with van der Waals surface area (Å²) in [5, 5.41) is 49.8. The number of aliphatic hydroxyl groups is 4. The van der Waals surface area contributed by atoms with E-state index in [2.05, 4.69) is 22.3 Å². The van der Waals surface area contributed by atoms with Crippen molar-refractivity contribution >= 4 is 17.7 Å². The first-order chi connectivity index (χ1) is 31.9. The first-order valence-corrected chi connectivity index (χ1v) is 24.9. The van der Waals surface area contributed by atoms with E-state index in [1.165, 1.54) is 21.1 Å². The van der Waals surface area contributed by atoms with E-state index in [0.29, 0.717) is 26.1 Å². The van der Waals surface area contributed by atoms with Crippen LogP contribution in [0.25, 0.3) is 0 Å². The van der Waals surface area contributed by atoms with E-state index in [1.54, 1.807) is 48.5 Å². The summed E-state index contributed by atoms with van der Waals surface area (Å²) < 4.78 is 44.7. The number of hydrogen-bond acceptors (Lipinski definition) is 16. The number of carbonyl (C=O) groups is 3. The van der Waals surface area contributed by atoms with Crippen LogP contribution in [0.4, 0.5) is 0 Å². The number of Topliss-reactive ketones (excluding diaryl/α,β-unsaturated/α-hetero) is 1. The van der Waals surface area contributed by atoms with Gasteiger partial charge in [-0.3, -0.25) is 24.2 Å². The van der Waals surface area contributed by atoms with Gasteiger partial charge in [0.2, 0.25) is 5.91 Å². The van der Waals surface area contributed by atoms with Crippen LogP contribution in [0.1, 0.15) is 113 Å². The zero-order valence-electron chi connectivity index (χ0n) is 43.0. The molecule has 388 valence electrons. The number of nitrogens with one attached hydrogen (secondary N) is 1. The lowest BCUT2D eigenvalue weighted by Crippen LogP contribution is -2.62. The Hall–Kier alpha value is -2.65. The number of carbonyl (C=O) groups excluding carboxylic acids is 3. The molecule has 4 aliphatic heterocycles. The molecule has 17 heteroatoms. The summed E-state index contributed by atoms with van der Waals surface area (Å²) in [5.74, 6) is -4.75. The van der Waals surface area contributed by atoms with Gasteiger partial charge in [-0.25, -0.2) is 0 Å². The Bertz CT molecular complexity index is 1790. The average Bonchev–Trinajstić information content (AvgIpc) is 3.78. The fourth-order valence-electron chi connectivity index (χ4n) is 11.3. The van der Waals surface area contributed by atoms with Gasteiger partial charge < -0.3 is 58.9 Å². The summed E-state index contributed by atoms with van der Waals surface area (Å²) in [7, 11) is 4.90. The van der Waals surface area contributed by atoms with Gasteiger partial charge in [-0.1, -0.05) is 58.0 Å². The number of hydrogen-bond donors (Lipinski definition) is 5. The second-order valence-electron chi connectivity index (χ2n) is 21.1. The zero-order chi connectivity index (χ0) is 50.5. The number of esters is 1. The van der Waals surface area contributed by atoms with Crippen LogP contribution < -0.4 is 5.32 Å². The van der Waals surface area contributed by atoms with E-state index in [0.717, 1.165) is 24.9 Å². The van der Waals surface area contributed by atoms with Crippen LogP contribution >= 0.6 is 0 Å². The number of cyclic esters (lactones) is 1. The topological polar surface area (TPSA) is 215 Å². The Morgan fingerprint density at radius 1 is 0.912 bits per heavy atom. The number of nitrogens with zero attached hydrogens (tertiary/aromatic N) is 2. The monoisotopic (exact) mass is 964 g/mol. The number of amides is 1. The van der Waals surface area contributed by atoms with Crippen LogP contribution in [0.15, 0.2) is 30.3 Å². The van der Waals surface area contributed by atoms with Crippen LogP contribution in [-0.2, 0) is 54.1 Å². The average molecular weight is 964 g/mol. The molecule has 4 heterocycles. The smallest absolute Gasteiger partial charge is 0.311 e. The highest BCUT2D eigenvalue weighted by atomic mass is 16.7. The van der Waals surface area contributed by atoms with Crippen LogP contribution in [0.5, 0.6) is 0 Å². The summed E-state index contributed by atoms with van der Waals surface area (Å²) >= 11 is 0. The number of benzene rings is 1. The van der Waals surface area contributed by atoms with Crippen LogP contribution in [0, 0.1) is 23.7 Å². The molecule has 0 aliphatic carbocycles. The van der Waals surface area contributed by atoms with Crippen molar-refractivity contribution in [3.8, 4) is 0 Å². The number of methoxy groups -OCH3 is 2. The van der Waals surface area contributed by atoms with E-state index in [4.69, 9.17) is 33.2 Å². The molecule has 1 aromatic carbocycles. The van der Waals surface area contributed by atoms with E-state index in [9.17, 15) is 34.8 Å². The third kappa shape index (κ3) is 12.7. The number of aliphatic hydroxyl groups excluding tert-OH is 3. The second-order valence-corrected chi connectivity index (χ2v) is 21.1. The molecule has 0 bridgehead atoms. The van der Waals surface area contributed by atoms with Crippen molar-refractivity contribution in [1.82, 2.24) is 15.1 Å². The lowest BCUT2D eigenvalue weighted by Gasteiger charge is -2.50. The summed E-state index contributed by atoms with van der Waals surface area (Å²) in [4.78, 5) is 46.4. The lowest BCUT2D eigenvalue weighted by atomic mass is 9.74. The molecule has 1 amide bonds. The largest absolute Gasteiger partial charge is 0.459 e. The van der Waals surface area contributed by atoms with Gasteiger partial charge in [-0.15, -0.1) is 0 Å². The van der Waals surface area contributed by atoms with Gasteiger partial charge in [-0.2, -0.15) is 0 Å². The Balaban J connectivity index is 1.44. The van der Waals surface area contributed by atoms with Crippen LogP contribution in [-0.4, -0.2) is 179 Å². The van der Waals surface area contributed by atoms with E-state index in [1.807, 2.05) is 44.0 Å². The minimum Gasteiger partial charge on any atom is -0.459 e. The predicted molar refractivity (Wildman–Crippen MR) is 253 cm³/mol. The van der Waals surface area contributed by atoms with Crippen molar-refractivity contribution in [2.24, 2.45) is 23.7 Å². The fraction of sp³-hybridized carbons (Fsp3) is 0.824. The van der Waals surface area contributed by atoms with Gasteiger partial charge in [0.15, 0.2) is 12.6 Å².